The molecule has 0 N–H and O–H groups in total. The Morgan fingerprint density at radius 3 is 2.83 bits per heavy atom. The fraction of sp³-hybridized carbons (Fsp3) is 0.421. The van der Waals surface area contributed by atoms with E-state index >= 15 is 0 Å². The van der Waals surface area contributed by atoms with Gasteiger partial charge in [0.15, 0.2) is 0 Å². The predicted molar refractivity (Wildman–Crippen MR) is 94.2 cm³/mol. The molecule has 2 unspecified atom stereocenters. The van der Waals surface area contributed by atoms with Crippen molar-refractivity contribution < 1.29 is 4.79 Å². The van der Waals surface area contributed by atoms with Crippen molar-refractivity contribution in [3.8, 4) is 0 Å². The second kappa shape index (κ2) is 7.90. The Balaban J connectivity index is 1.77. The van der Waals surface area contributed by atoms with Gasteiger partial charge < -0.3 is 4.90 Å². The molecule has 1 saturated heterocycles. The number of carbonyl (C=O) groups excluding carboxylic acids is 1. The van der Waals surface area contributed by atoms with E-state index in [1.165, 1.54) is 18.3 Å². The molecule has 1 aromatic heterocycles. The van der Waals surface area contributed by atoms with Crippen LogP contribution in [0, 0.1) is 0 Å². The van der Waals surface area contributed by atoms with Crippen molar-refractivity contribution in [1.82, 2.24) is 19.7 Å². The van der Waals surface area contributed by atoms with Gasteiger partial charge in [0.1, 0.15) is 18.7 Å². The first-order chi connectivity index (χ1) is 11.8. The Bertz CT molecular complexity index is 666. The maximum absolute atomic E-state index is 13.0. The zero-order valence-corrected chi connectivity index (χ0v) is 14.1. The van der Waals surface area contributed by atoms with Gasteiger partial charge in [0.2, 0.25) is 5.91 Å². The molecule has 1 amide bonds. The molecular formula is C19H24N4O. The van der Waals surface area contributed by atoms with Gasteiger partial charge in [-0.15, -0.1) is 0 Å². The molecule has 0 spiro atoms. The van der Waals surface area contributed by atoms with E-state index in [2.05, 4.69) is 34.4 Å². The van der Waals surface area contributed by atoms with E-state index in [-0.39, 0.29) is 18.0 Å². The van der Waals surface area contributed by atoms with Gasteiger partial charge in [-0.3, -0.25) is 4.79 Å². The van der Waals surface area contributed by atoms with Gasteiger partial charge in [0.25, 0.3) is 0 Å². The summed E-state index contributed by atoms with van der Waals surface area (Å²) in [6.07, 6.45) is 11.8. The van der Waals surface area contributed by atoms with E-state index in [0.29, 0.717) is 0 Å². The van der Waals surface area contributed by atoms with Crippen molar-refractivity contribution in [3.05, 3.63) is 54.6 Å². The van der Waals surface area contributed by atoms with Crippen LogP contribution >= 0.6 is 0 Å². The van der Waals surface area contributed by atoms with E-state index in [9.17, 15) is 4.79 Å². The number of nitrogens with zero attached hydrogens (tertiary/aromatic N) is 4. The first-order valence-electron chi connectivity index (χ1n) is 8.63. The molecule has 1 fully saturated rings. The van der Waals surface area contributed by atoms with Crippen LogP contribution < -0.4 is 0 Å². The smallest absolute Gasteiger partial charge is 0.247 e. The lowest BCUT2D eigenvalue weighted by molar-refractivity contribution is -0.136. The third-order valence-electron chi connectivity index (χ3n) is 4.58. The number of benzene rings is 1. The van der Waals surface area contributed by atoms with Crippen molar-refractivity contribution in [2.75, 3.05) is 6.54 Å². The van der Waals surface area contributed by atoms with Crippen LogP contribution in [0.15, 0.2) is 49.1 Å². The number of hydrogen-bond donors (Lipinski definition) is 0. The van der Waals surface area contributed by atoms with Crippen LogP contribution in [-0.4, -0.2) is 38.2 Å². The molecule has 2 heterocycles. The second-order valence-corrected chi connectivity index (χ2v) is 6.27. The molecule has 0 bridgehead atoms. The SMILES string of the molecule is CC(C(=O)N1CCCCCC1/C=C/c1ccccc1)n1cncn1. The summed E-state index contributed by atoms with van der Waals surface area (Å²) in [4.78, 5) is 18.9. The summed E-state index contributed by atoms with van der Waals surface area (Å²) in [6.45, 7) is 2.70. The van der Waals surface area contributed by atoms with Crippen LogP contribution in [0.1, 0.15) is 44.2 Å². The molecule has 2 atom stereocenters. The number of carbonyl (C=O) groups is 1. The van der Waals surface area contributed by atoms with Crippen LogP contribution in [0.2, 0.25) is 0 Å². The lowest BCUT2D eigenvalue weighted by Gasteiger charge is -2.30. The van der Waals surface area contributed by atoms with Crippen molar-refractivity contribution in [3.63, 3.8) is 0 Å². The summed E-state index contributed by atoms with van der Waals surface area (Å²) in [6, 6.07) is 10.1. The van der Waals surface area contributed by atoms with Crippen LogP contribution in [0.25, 0.3) is 6.08 Å². The Morgan fingerprint density at radius 1 is 1.25 bits per heavy atom. The highest BCUT2D eigenvalue weighted by Crippen LogP contribution is 2.22. The first-order valence-corrected chi connectivity index (χ1v) is 8.63. The fourth-order valence-corrected chi connectivity index (χ4v) is 3.16. The van der Waals surface area contributed by atoms with Crippen molar-refractivity contribution in [2.45, 2.75) is 44.7 Å². The molecule has 2 aromatic rings. The minimum atomic E-state index is -0.321. The predicted octanol–water partition coefficient (Wildman–Crippen LogP) is 3.32. The molecule has 1 aliphatic rings. The van der Waals surface area contributed by atoms with Crippen LogP contribution in [-0.2, 0) is 4.79 Å². The number of rotatable bonds is 4. The maximum atomic E-state index is 13.0. The minimum absolute atomic E-state index is 0.116. The molecular weight excluding hydrogens is 300 g/mol. The average Bonchev–Trinajstić information content (AvgIpc) is 3.05. The Kier molecular flexibility index (Phi) is 5.41. The molecule has 0 radical (unpaired) electrons. The molecule has 126 valence electrons. The molecule has 3 rings (SSSR count). The van der Waals surface area contributed by atoms with Gasteiger partial charge in [0, 0.05) is 6.54 Å². The molecule has 0 aliphatic carbocycles. The molecule has 1 aliphatic heterocycles. The Morgan fingerprint density at radius 2 is 2.08 bits per heavy atom. The third-order valence-corrected chi connectivity index (χ3v) is 4.58. The van der Waals surface area contributed by atoms with Crippen LogP contribution in [0.4, 0.5) is 0 Å². The lowest BCUT2D eigenvalue weighted by atomic mass is 10.1. The zero-order valence-electron chi connectivity index (χ0n) is 14.1. The maximum Gasteiger partial charge on any atom is 0.247 e. The summed E-state index contributed by atoms with van der Waals surface area (Å²) >= 11 is 0. The standard InChI is InChI=1S/C19H24N4O/c1-16(23-15-20-14-21-23)19(24)22-13-7-3-6-10-18(22)12-11-17-8-4-2-5-9-17/h2,4-5,8-9,11-12,14-16,18H,3,6-7,10,13H2,1H3/b12-11+. The zero-order chi connectivity index (χ0) is 16.8. The largest absolute Gasteiger partial charge is 0.334 e. The van der Waals surface area contributed by atoms with Gasteiger partial charge in [-0.05, 0) is 25.3 Å². The highest BCUT2D eigenvalue weighted by atomic mass is 16.2. The summed E-state index contributed by atoms with van der Waals surface area (Å²) in [5.74, 6) is 0.116. The third kappa shape index (κ3) is 3.91. The van der Waals surface area contributed by atoms with Gasteiger partial charge >= 0.3 is 0 Å². The monoisotopic (exact) mass is 324 g/mol. The Hall–Kier alpha value is -2.43. The first kappa shape index (κ1) is 16.4. The summed E-state index contributed by atoms with van der Waals surface area (Å²) in [7, 11) is 0. The average molecular weight is 324 g/mol. The van der Waals surface area contributed by atoms with Crippen LogP contribution in [0.5, 0.6) is 0 Å². The topological polar surface area (TPSA) is 51.0 Å². The fourth-order valence-electron chi connectivity index (χ4n) is 3.16. The van der Waals surface area contributed by atoms with Crippen LogP contribution in [0.3, 0.4) is 0 Å². The van der Waals surface area contributed by atoms with Crippen molar-refractivity contribution >= 4 is 12.0 Å². The summed E-state index contributed by atoms with van der Waals surface area (Å²) in [5.41, 5.74) is 1.17. The number of aromatic nitrogens is 3. The van der Waals surface area contributed by atoms with Gasteiger partial charge in [-0.25, -0.2) is 9.67 Å². The highest BCUT2D eigenvalue weighted by molar-refractivity contribution is 5.80. The molecule has 0 saturated carbocycles. The van der Waals surface area contributed by atoms with Gasteiger partial charge in [-0.2, -0.15) is 5.10 Å². The van der Waals surface area contributed by atoms with E-state index in [4.69, 9.17) is 0 Å². The molecule has 24 heavy (non-hydrogen) atoms. The second-order valence-electron chi connectivity index (χ2n) is 6.27. The highest BCUT2D eigenvalue weighted by Gasteiger charge is 2.28. The molecule has 5 nitrogen and oxygen atoms in total. The lowest BCUT2D eigenvalue weighted by Crippen LogP contribution is -2.42. The van der Waals surface area contributed by atoms with E-state index in [1.54, 1.807) is 11.0 Å². The van der Waals surface area contributed by atoms with Crippen molar-refractivity contribution in [1.29, 1.82) is 0 Å². The quantitative estimate of drug-likeness (QED) is 0.867. The van der Waals surface area contributed by atoms with E-state index in [0.717, 1.165) is 25.8 Å². The Labute approximate surface area is 143 Å². The summed E-state index contributed by atoms with van der Waals surface area (Å²) < 4.78 is 1.63. The van der Waals surface area contributed by atoms with Gasteiger partial charge in [-0.1, -0.05) is 55.3 Å². The van der Waals surface area contributed by atoms with E-state index < -0.39 is 0 Å². The normalized spacial score (nSPS) is 20.0. The molecule has 1 aromatic carbocycles. The van der Waals surface area contributed by atoms with E-state index in [1.807, 2.05) is 30.0 Å². The minimum Gasteiger partial charge on any atom is -0.334 e. The number of hydrogen-bond acceptors (Lipinski definition) is 3. The van der Waals surface area contributed by atoms with Crippen molar-refractivity contribution in [2.24, 2.45) is 0 Å². The summed E-state index contributed by atoms with van der Waals surface area (Å²) in [5, 5.41) is 4.11. The van der Waals surface area contributed by atoms with Gasteiger partial charge in [0.05, 0.1) is 6.04 Å². The molecule has 5 heteroatoms. The number of amides is 1. The number of likely N-dealkylation sites (tertiary alicyclic amines) is 1.